The Kier molecular flexibility index (Phi) is 6.04. The van der Waals surface area contributed by atoms with Gasteiger partial charge in [-0.15, -0.1) is 23.1 Å². The Morgan fingerprint density at radius 2 is 2.05 bits per heavy atom. The minimum Gasteiger partial charge on any atom is -0.378 e. The highest BCUT2D eigenvalue weighted by Crippen LogP contribution is 2.27. The van der Waals surface area contributed by atoms with Crippen LogP contribution in [-0.2, 0) is 23.6 Å². The lowest BCUT2D eigenvalue weighted by Crippen LogP contribution is -2.06. The highest BCUT2D eigenvalue weighted by molar-refractivity contribution is 7.98. The third kappa shape index (κ3) is 4.31. The van der Waals surface area contributed by atoms with E-state index in [0.717, 1.165) is 23.0 Å². The molecule has 0 saturated carbocycles. The second-order valence-corrected chi connectivity index (χ2v) is 6.76. The number of benzene rings is 1. The Bertz CT molecular complexity index is 514. The predicted molar refractivity (Wildman–Crippen MR) is 86.3 cm³/mol. The summed E-state index contributed by atoms with van der Waals surface area (Å²) in [6.07, 6.45) is 0. The molecule has 0 aliphatic carbocycles. The fraction of sp³-hybridized carbons (Fsp3) is 0.400. The maximum atomic E-state index is 5.21. The standard InChI is InChI=1S/C15H20N2OS2/c1-11-4-6-12(7-5-11)19-10-15-17-13(9-18-3)14(20-15)8-16-2/h4-7,16H,8-10H2,1-3H3. The van der Waals surface area contributed by atoms with E-state index in [0.29, 0.717) is 6.61 Å². The van der Waals surface area contributed by atoms with Crippen LogP contribution in [0.4, 0.5) is 0 Å². The van der Waals surface area contributed by atoms with Crippen molar-refractivity contribution in [2.75, 3.05) is 14.2 Å². The molecule has 0 fully saturated rings. The van der Waals surface area contributed by atoms with E-state index < -0.39 is 0 Å². The number of ether oxygens (including phenoxy) is 1. The van der Waals surface area contributed by atoms with Crippen molar-refractivity contribution in [3.05, 3.63) is 45.4 Å². The number of hydrogen-bond acceptors (Lipinski definition) is 5. The number of aromatic nitrogens is 1. The van der Waals surface area contributed by atoms with Gasteiger partial charge in [0.05, 0.1) is 18.1 Å². The van der Waals surface area contributed by atoms with Crippen molar-refractivity contribution in [3.8, 4) is 0 Å². The zero-order valence-corrected chi connectivity index (χ0v) is 13.7. The quantitative estimate of drug-likeness (QED) is 0.792. The second kappa shape index (κ2) is 7.78. The lowest BCUT2D eigenvalue weighted by Gasteiger charge is -1.99. The summed E-state index contributed by atoms with van der Waals surface area (Å²) in [6, 6.07) is 8.62. The maximum Gasteiger partial charge on any atom is 0.104 e. The number of thioether (sulfide) groups is 1. The first-order valence-corrected chi connectivity index (χ1v) is 8.33. The fourth-order valence-electron chi connectivity index (χ4n) is 1.83. The number of nitrogens with zero attached hydrogens (tertiary/aromatic N) is 1. The summed E-state index contributed by atoms with van der Waals surface area (Å²) >= 11 is 3.60. The van der Waals surface area contributed by atoms with Gasteiger partial charge in [0.15, 0.2) is 0 Å². The predicted octanol–water partition coefficient (Wildman–Crippen LogP) is 3.61. The lowest BCUT2D eigenvalue weighted by atomic mass is 10.2. The van der Waals surface area contributed by atoms with Crippen LogP contribution in [0.15, 0.2) is 29.2 Å². The smallest absolute Gasteiger partial charge is 0.104 e. The molecule has 20 heavy (non-hydrogen) atoms. The molecular weight excluding hydrogens is 288 g/mol. The summed E-state index contributed by atoms with van der Waals surface area (Å²) in [5, 5.41) is 4.34. The van der Waals surface area contributed by atoms with Gasteiger partial charge in [-0.1, -0.05) is 17.7 Å². The van der Waals surface area contributed by atoms with Crippen molar-refractivity contribution in [2.45, 2.75) is 30.7 Å². The summed E-state index contributed by atoms with van der Waals surface area (Å²) in [7, 11) is 3.67. The van der Waals surface area contributed by atoms with E-state index in [-0.39, 0.29) is 0 Å². The highest BCUT2D eigenvalue weighted by atomic mass is 32.2. The lowest BCUT2D eigenvalue weighted by molar-refractivity contribution is 0.181. The summed E-state index contributed by atoms with van der Waals surface area (Å²) in [5.41, 5.74) is 2.36. The van der Waals surface area contributed by atoms with Crippen LogP contribution in [-0.4, -0.2) is 19.1 Å². The molecule has 0 atom stereocenters. The van der Waals surface area contributed by atoms with Crippen molar-refractivity contribution < 1.29 is 4.74 Å². The van der Waals surface area contributed by atoms with Crippen molar-refractivity contribution in [1.82, 2.24) is 10.3 Å². The van der Waals surface area contributed by atoms with E-state index in [2.05, 4.69) is 41.5 Å². The van der Waals surface area contributed by atoms with Crippen LogP contribution >= 0.6 is 23.1 Å². The number of rotatable bonds is 7. The first-order valence-electron chi connectivity index (χ1n) is 6.53. The van der Waals surface area contributed by atoms with Gasteiger partial charge in [0, 0.05) is 23.4 Å². The van der Waals surface area contributed by atoms with Crippen molar-refractivity contribution in [1.29, 1.82) is 0 Å². The molecule has 108 valence electrons. The third-order valence-corrected chi connectivity index (χ3v) is 5.13. The number of nitrogens with one attached hydrogen (secondary N) is 1. The maximum absolute atomic E-state index is 5.21. The molecule has 0 saturated heterocycles. The molecule has 1 aromatic carbocycles. The second-order valence-electron chi connectivity index (χ2n) is 4.54. The Labute approximate surface area is 128 Å². The molecule has 0 unspecified atom stereocenters. The van der Waals surface area contributed by atoms with Gasteiger partial charge in [0.25, 0.3) is 0 Å². The molecule has 1 aromatic heterocycles. The molecule has 0 bridgehead atoms. The summed E-state index contributed by atoms with van der Waals surface area (Å²) in [6.45, 7) is 3.55. The van der Waals surface area contributed by atoms with E-state index in [1.54, 1.807) is 18.4 Å². The monoisotopic (exact) mass is 308 g/mol. The average Bonchev–Trinajstić information content (AvgIpc) is 2.82. The largest absolute Gasteiger partial charge is 0.378 e. The molecule has 2 rings (SSSR count). The summed E-state index contributed by atoms with van der Waals surface area (Å²) in [5.74, 6) is 0.911. The zero-order chi connectivity index (χ0) is 14.4. The molecule has 0 amide bonds. The van der Waals surface area contributed by atoms with Crippen molar-refractivity contribution in [3.63, 3.8) is 0 Å². The van der Waals surface area contributed by atoms with E-state index in [1.165, 1.54) is 15.3 Å². The van der Waals surface area contributed by atoms with E-state index in [4.69, 9.17) is 4.74 Å². The molecular formula is C15H20N2OS2. The number of methoxy groups -OCH3 is 1. The molecule has 0 aliphatic rings. The molecule has 1 N–H and O–H groups in total. The van der Waals surface area contributed by atoms with Crippen LogP contribution < -0.4 is 5.32 Å². The Morgan fingerprint density at radius 1 is 1.30 bits per heavy atom. The molecule has 5 heteroatoms. The minimum atomic E-state index is 0.586. The molecule has 2 aromatic rings. The van der Waals surface area contributed by atoms with Gasteiger partial charge in [0.1, 0.15) is 5.01 Å². The van der Waals surface area contributed by atoms with Gasteiger partial charge in [-0.2, -0.15) is 0 Å². The van der Waals surface area contributed by atoms with Crippen LogP contribution in [0.3, 0.4) is 0 Å². The van der Waals surface area contributed by atoms with Crippen molar-refractivity contribution >= 4 is 23.1 Å². The van der Waals surface area contributed by atoms with Crippen LogP contribution in [0.25, 0.3) is 0 Å². The summed E-state index contributed by atoms with van der Waals surface area (Å²) in [4.78, 5) is 7.24. The minimum absolute atomic E-state index is 0.586. The van der Waals surface area contributed by atoms with Crippen LogP contribution in [0, 0.1) is 6.92 Å². The molecule has 0 spiro atoms. The zero-order valence-electron chi connectivity index (χ0n) is 12.1. The number of aryl methyl sites for hydroxylation is 1. The Hall–Kier alpha value is -0.880. The number of thiazole rings is 1. The van der Waals surface area contributed by atoms with Crippen molar-refractivity contribution in [2.24, 2.45) is 0 Å². The van der Waals surface area contributed by atoms with Gasteiger partial charge in [0.2, 0.25) is 0 Å². The van der Waals surface area contributed by atoms with Gasteiger partial charge in [-0.25, -0.2) is 4.98 Å². The highest BCUT2D eigenvalue weighted by Gasteiger charge is 2.10. The van der Waals surface area contributed by atoms with Crippen LogP contribution in [0.2, 0.25) is 0 Å². The van der Waals surface area contributed by atoms with Gasteiger partial charge in [-0.3, -0.25) is 0 Å². The SMILES string of the molecule is CNCc1sc(CSc2ccc(C)cc2)nc1COC. The molecule has 0 radical (unpaired) electrons. The number of hydrogen-bond donors (Lipinski definition) is 1. The summed E-state index contributed by atoms with van der Waals surface area (Å²) < 4.78 is 5.21. The first-order chi connectivity index (χ1) is 9.72. The molecule has 1 heterocycles. The fourth-order valence-corrected chi connectivity index (χ4v) is 3.80. The van der Waals surface area contributed by atoms with E-state index in [1.807, 2.05) is 18.8 Å². The average molecular weight is 308 g/mol. The Balaban J connectivity index is 2.01. The Morgan fingerprint density at radius 3 is 2.70 bits per heavy atom. The van der Waals surface area contributed by atoms with Gasteiger partial charge in [-0.05, 0) is 26.1 Å². The van der Waals surface area contributed by atoms with E-state index in [9.17, 15) is 0 Å². The van der Waals surface area contributed by atoms with Crippen LogP contribution in [0.1, 0.15) is 21.1 Å². The van der Waals surface area contributed by atoms with Gasteiger partial charge < -0.3 is 10.1 Å². The van der Waals surface area contributed by atoms with Gasteiger partial charge >= 0.3 is 0 Å². The molecule has 0 aliphatic heterocycles. The molecule has 3 nitrogen and oxygen atoms in total. The topological polar surface area (TPSA) is 34.2 Å². The normalized spacial score (nSPS) is 10.9. The van der Waals surface area contributed by atoms with E-state index >= 15 is 0 Å². The van der Waals surface area contributed by atoms with Crippen LogP contribution in [0.5, 0.6) is 0 Å². The first kappa shape index (κ1) is 15.5. The third-order valence-electron chi connectivity index (χ3n) is 2.82.